The molecule has 1 aliphatic rings. The molecule has 3 nitrogen and oxygen atoms in total. The van der Waals surface area contributed by atoms with Gasteiger partial charge in [-0.25, -0.2) is 0 Å². The third-order valence-corrected chi connectivity index (χ3v) is 5.21. The predicted octanol–water partition coefficient (Wildman–Crippen LogP) is 4.42. The van der Waals surface area contributed by atoms with Gasteiger partial charge >= 0.3 is 6.18 Å². The molecule has 0 amide bonds. The smallest absolute Gasteiger partial charge is 0.301 e. The van der Waals surface area contributed by atoms with E-state index >= 15 is 0 Å². The van der Waals surface area contributed by atoms with E-state index in [0.717, 1.165) is 41.3 Å². The molecule has 1 heterocycles. The number of nitrogens with zero attached hydrogens (tertiary/aromatic N) is 2. The van der Waals surface area contributed by atoms with Gasteiger partial charge in [0.15, 0.2) is 0 Å². The maximum absolute atomic E-state index is 12.7. The fourth-order valence-electron chi connectivity index (χ4n) is 3.18. The average Bonchev–Trinajstić information content (AvgIpc) is 3.14. The summed E-state index contributed by atoms with van der Waals surface area (Å²) in [6.45, 7) is 2.49. The molecule has 0 bridgehead atoms. The van der Waals surface area contributed by atoms with E-state index in [1.54, 1.807) is 12.1 Å². The summed E-state index contributed by atoms with van der Waals surface area (Å²) in [7, 11) is 0. The van der Waals surface area contributed by atoms with Gasteiger partial charge in [-0.3, -0.25) is 0 Å². The minimum absolute atomic E-state index is 0.260. The molecule has 1 N–H and O–H groups in total. The minimum Gasteiger partial charge on any atom is -0.301 e. The van der Waals surface area contributed by atoms with E-state index in [1.165, 1.54) is 23.5 Å². The van der Waals surface area contributed by atoms with Crippen molar-refractivity contribution in [3.63, 3.8) is 0 Å². The highest BCUT2D eigenvalue weighted by atomic mass is 32.1. The Labute approximate surface area is 136 Å². The summed E-state index contributed by atoms with van der Waals surface area (Å²) in [5.74, 6) is 0. The molecule has 0 aliphatic heterocycles. The van der Waals surface area contributed by atoms with E-state index in [-0.39, 0.29) is 5.54 Å². The van der Waals surface area contributed by atoms with Crippen molar-refractivity contribution in [1.82, 2.24) is 15.5 Å². The topological polar surface area (TPSA) is 37.8 Å². The first-order valence-electron chi connectivity index (χ1n) is 7.61. The first-order chi connectivity index (χ1) is 10.9. The van der Waals surface area contributed by atoms with Crippen molar-refractivity contribution in [3.05, 3.63) is 45.4 Å². The Balaban J connectivity index is 1.80. The van der Waals surface area contributed by atoms with Gasteiger partial charge in [-0.05, 0) is 37.5 Å². The standard InChI is InChI=1S/C16H18F3N3S/c1-11-21-22-14(23-11)10-20-15(8-2-3-9-15)12-4-6-13(7-5-12)16(17,18)19/h4-7,20H,2-3,8-10H2,1H3. The van der Waals surface area contributed by atoms with Crippen LogP contribution in [0.15, 0.2) is 24.3 Å². The van der Waals surface area contributed by atoms with E-state index < -0.39 is 11.7 Å². The van der Waals surface area contributed by atoms with Gasteiger partial charge in [0, 0.05) is 5.54 Å². The molecular formula is C16H18F3N3S. The Morgan fingerprint density at radius 2 is 1.78 bits per heavy atom. The molecule has 1 fully saturated rings. The summed E-state index contributed by atoms with van der Waals surface area (Å²) in [5, 5.41) is 13.4. The third-order valence-electron chi connectivity index (χ3n) is 4.37. The van der Waals surface area contributed by atoms with E-state index in [0.29, 0.717) is 6.54 Å². The second kappa shape index (κ2) is 6.20. The van der Waals surface area contributed by atoms with E-state index in [9.17, 15) is 13.2 Å². The van der Waals surface area contributed by atoms with Crippen LogP contribution in [0.3, 0.4) is 0 Å². The van der Waals surface area contributed by atoms with Crippen molar-refractivity contribution in [2.75, 3.05) is 0 Å². The van der Waals surface area contributed by atoms with Gasteiger partial charge in [0.2, 0.25) is 0 Å². The first-order valence-corrected chi connectivity index (χ1v) is 8.42. The molecule has 0 unspecified atom stereocenters. The molecule has 1 aromatic heterocycles. The van der Waals surface area contributed by atoms with Crippen molar-refractivity contribution in [3.8, 4) is 0 Å². The highest BCUT2D eigenvalue weighted by Crippen LogP contribution is 2.40. The van der Waals surface area contributed by atoms with Crippen LogP contribution < -0.4 is 5.32 Å². The molecule has 0 radical (unpaired) electrons. The number of aromatic nitrogens is 2. The summed E-state index contributed by atoms with van der Waals surface area (Å²) in [6, 6.07) is 5.55. The molecule has 124 valence electrons. The molecule has 1 saturated carbocycles. The summed E-state index contributed by atoms with van der Waals surface area (Å²) in [5.41, 5.74) is 0.0577. The fraction of sp³-hybridized carbons (Fsp3) is 0.500. The Bertz CT molecular complexity index is 658. The van der Waals surface area contributed by atoms with Gasteiger partial charge < -0.3 is 5.32 Å². The van der Waals surface area contributed by atoms with Gasteiger partial charge in [0.25, 0.3) is 0 Å². The lowest BCUT2D eigenvalue weighted by Gasteiger charge is -2.31. The zero-order chi connectivity index (χ0) is 16.5. The van der Waals surface area contributed by atoms with Crippen molar-refractivity contribution in [2.45, 2.75) is 50.9 Å². The lowest BCUT2D eigenvalue weighted by Crippen LogP contribution is -2.39. The van der Waals surface area contributed by atoms with E-state index in [4.69, 9.17) is 0 Å². The van der Waals surface area contributed by atoms with Crippen LogP contribution in [0.5, 0.6) is 0 Å². The Morgan fingerprint density at radius 3 is 2.30 bits per heavy atom. The number of benzene rings is 1. The molecule has 3 rings (SSSR count). The summed E-state index contributed by atoms with van der Waals surface area (Å²) in [4.78, 5) is 0. The number of aryl methyl sites for hydroxylation is 1. The van der Waals surface area contributed by atoms with Gasteiger partial charge in [-0.2, -0.15) is 13.2 Å². The summed E-state index contributed by atoms with van der Waals surface area (Å²) >= 11 is 1.54. The molecule has 1 aromatic carbocycles. The van der Waals surface area contributed by atoms with Crippen LogP contribution in [0, 0.1) is 6.92 Å². The molecule has 7 heteroatoms. The van der Waals surface area contributed by atoms with Crippen molar-refractivity contribution < 1.29 is 13.2 Å². The number of hydrogen-bond donors (Lipinski definition) is 1. The van der Waals surface area contributed by atoms with Crippen LogP contribution >= 0.6 is 11.3 Å². The highest BCUT2D eigenvalue weighted by molar-refractivity contribution is 7.11. The normalized spacial score (nSPS) is 17.6. The van der Waals surface area contributed by atoms with Gasteiger partial charge in [0.05, 0.1) is 12.1 Å². The van der Waals surface area contributed by atoms with Crippen LogP contribution in [-0.4, -0.2) is 10.2 Å². The molecule has 1 aliphatic carbocycles. The summed E-state index contributed by atoms with van der Waals surface area (Å²) in [6.07, 6.45) is -0.294. The van der Waals surface area contributed by atoms with Crippen molar-refractivity contribution >= 4 is 11.3 Å². The Hall–Kier alpha value is -1.47. The molecular weight excluding hydrogens is 323 g/mol. The second-order valence-corrected chi connectivity index (χ2v) is 7.20. The van der Waals surface area contributed by atoms with Gasteiger partial charge in [0.1, 0.15) is 10.0 Å². The maximum atomic E-state index is 12.7. The third kappa shape index (κ3) is 3.55. The molecule has 0 saturated heterocycles. The first kappa shape index (κ1) is 16.4. The number of alkyl halides is 3. The quantitative estimate of drug-likeness (QED) is 0.894. The molecule has 23 heavy (non-hydrogen) atoms. The largest absolute Gasteiger partial charge is 0.416 e. The number of hydrogen-bond acceptors (Lipinski definition) is 4. The lowest BCUT2D eigenvalue weighted by atomic mass is 9.87. The van der Waals surface area contributed by atoms with Crippen LogP contribution in [-0.2, 0) is 18.3 Å². The SMILES string of the molecule is Cc1nnc(CNC2(c3ccc(C(F)(F)F)cc3)CCCC2)s1. The number of halogens is 3. The lowest BCUT2D eigenvalue weighted by molar-refractivity contribution is -0.137. The fourth-order valence-corrected chi connectivity index (χ4v) is 3.83. The van der Waals surface area contributed by atoms with Crippen molar-refractivity contribution in [2.24, 2.45) is 0 Å². The second-order valence-electron chi connectivity index (χ2n) is 5.93. The molecule has 0 spiro atoms. The van der Waals surface area contributed by atoms with Gasteiger partial charge in [-0.15, -0.1) is 21.5 Å². The van der Waals surface area contributed by atoms with Crippen LogP contribution in [0.25, 0.3) is 0 Å². The predicted molar refractivity (Wildman–Crippen MR) is 83.1 cm³/mol. The monoisotopic (exact) mass is 341 g/mol. The number of rotatable bonds is 4. The molecule has 2 aromatic rings. The van der Waals surface area contributed by atoms with Crippen LogP contribution in [0.1, 0.15) is 46.8 Å². The molecule has 0 atom stereocenters. The van der Waals surface area contributed by atoms with E-state index in [2.05, 4.69) is 15.5 Å². The zero-order valence-electron chi connectivity index (χ0n) is 12.8. The highest BCUT2D eigenvalue weighted by Gasteiger charge is 2.36. The van der Waals surface area contributed by atoms with Crippen LogP contribution in [0.4, 0.5) is 13.2 Å². The minimum atomic E-state index is -4.29. The number of nitrogens with one attached hydrogen (secondary N) is 1. The Morgan fingerprint density at radius 1 is 1.13 bits per heavy atom. The van der Waals surface area contributed by atoms with E-state index in [1.807, 2.05) is 6.92 Å². The zero-order valence-corrected chi connectivity index (χ0v) is 13.6. The van der Waals surface area contributed by atoms with Gasteiger partial charge in [-0.1, -0.05) is 25.0 Å². The van der Waals surface area contributed by atoms with Crippen molar-refractivity contribution in [1.29, 1.82) is 0 Å². The average molecular weight is 341 g/mol. The van der Waals surface area contributed by atoms with Crippen LogP contribution in [0.2, 0.25) is 0 Å². The summed E-state index contributed by atoms with van der Waals surface area (Å²) < 4.78 is 38.2. The maximum Gasteiger partial charge on any atom is 0.416 e. The Kier molecular flexibility index (Phi) is 4.42.